The highest BCUT2D eigenvalue weighted by molar-refractivity contribution is 6.02. The molecule has 1 N–H and O–H groups in total. The molecule has 2 amide bonds. The van der Waals surface area contributed by atoms with E-state index in [9.17, 15) is 9.59 Å². The van der Waals surface area contributed by atoms with Gasteiger partial charge in [0.2, 0.25) is 11.8 Å². The Balaban J connectivity index is 1.99. The molecule has 0 aromatic rings. The van der Waals surface area contributed by atoms with Crippen LogP contribution in [0.25, 0.3) is 0 Å². The first kappa shape index (κ1) is 10.1. The van der Waals surface area contributed by atoms with Crippen molar-refractivity contribution >= 4 is 11.8 Å². The molecule has 2 heterocycles. The van der Waals surface area contributed by atoms with Crippen molar-refractivity contribution in [2.45, 2.75) is 56.5 Å². The molecule has 1 aliphatic carbocycles. The second-order valence-corrected chi connectivity index (χ2v) is 5.58. The van der Waals surface area contributed by atoms with Crippen molar-refractivity contribution in [3.05, 3.63) is 0 Å². The van der Waals surface area contributed by atoms with Gasteiger partial charge in [-0.2, -0.15) is 0 Å². The van der Waals surface area contributed by atoms with Crippen molar-refractivity contribution in [1.29, 1.82) is 0 Å². The molecular formula is C12H18N2O2. The Morgan fingerprint density at radius 2 is 1.81 bits per heavy atom. The fourth-order valence-corrected chi connectivity index (χ4v) is 3.51. The zero-order chi connectivity index (χ0) is 11.4. The number of amides is 2. The highest BCUT2D eigenvalue weighted by Crippen LogP contribution is 2.41. The molecule has 1 saturated carbocycles. The average molecular weight is 222 g/mol. The van der Waals surface area contributed by atoms with Gasteiger partial charge < -0.3 is 10.2 Å². The molecule has 0 unspecified atom stereocenters. The third-order valence-corrected chi connectivity index (χ3v) is 4.59. The fraction of sp³-hybridized carbons (Fsp3) is 0.833. The minimum atomic E-state index is -0.565. The largest absolute Gasteiger partial charge is 0.340 e. The van der Waals surface area contributed by atoms with Gasteiger partial charge in [-0.15, -0.1) is 0 Å². The maximum atomic E-state index is 12.5. The molecule has 16 heavy (non-hydrogen) atoms. The standard InChI is InChI=1S/C12H18N2O2/c1-11-5-4-8-14(11)10(16)12(13-9(11)15)6-2-3-7-12/h2-8H2,1H3,(H,13,15)/t11-/m0/s1. The lowest BCUT2D eigenvalue weighted by Crippen LogP contribution is -2.72. The summed E-state index contributed by atoms with van der Waals surface area (Å²) in [7, 11) is 0. The third kappa shape index (κ3) is 1.05. The number of carbonyl (C=O) groups excluding carboxylic acids is 2. The number of rotatable bonds is 0. The van der Waals surface area contributed by atoms with Gasteiger partial charge in [0.05, 0.1) is 0 Å². The second kappa shape index (κ2) is 2.99. The first-order valence-electron chi connectivity index (χ1n) is 6.23. The van der Waals surface area contributed by atoms with Crippen LogP contribution in [0.3, 0.4) is 0 Å². The van der Waals surface area contributed by atoms with Gasteiger partial charge in [0, 0.05) is 6.54 Å². The van der Waals surface area contributed by atoms with Crippen molar-refractivity contribution in [3.8, 4) is 0 Å². The monoisotopic (exact) mass is 222 g/mol. The molecule has 1 atom stereocenters. The quantitative estimate of drug-likeness (QED) is 0.659. The van der Waals surface area contributed by atoms with E-state index in [1.54, 1.807) is 0 Å². The first-order chi connectivity index (χ1) is 7.58. The summed E-state index contributed by atoms with van der Waals surface area (Å²) in [5.74, 6) is 0.233. The van der Waals surface area contributed by atoms with Crippen LogP contribution >= 0.6 is 0 Å². The van der Waals surface area contributed by atoms with Gasteiger partial charge in [-0.1, -0.05) is 12.8 Å². The van der Waals surface area contributed by atoms with E-state index in [1.165, 1.54) is 0 Å². The lowest BCUT2D eigenvalue weighted by Gasteiger charge is -2.46. The zero-order valence-corrected chi connectivity index (χ0v) is 9.71. The summed E-state index contributed by atoms with van der Waals surface area (Å²) in [5, 5.41) is 3.02. The van der Waals surface area contributed by atoms with E-state index < -0.39 is 11.1 Å². The van der Waals surface area contributed by atoms with Gasteiger partial charge in [-0.05, 0) is 32.6 Å². The Morgan fingerprint density at radius 1 is 1.12 bits per heavy atom. The van der Waals surface area contributed by atoms with Crippen molar-refractivity contribution in [3.63, 3.8) is 0 Å². The van der Waals surface area contributed by atoms with Crippen LogP contribution in [-0.2, 0) is 9.59 Å². The van der Waals surface area contributed by atoms with Crippen molar-refractivity contribution in [1.82, 2.24) is 10.2 Å². The Kier molecular flexibility index (Phi) is 1.89. The minimum Gasteiger partial charge on any atom is -0.340 e. The van der Waals surface area contributed by atoms with Gasteiger partial charge in [0.25, 0.3) is 0 Å². The van der Waals surface area contributed by atoms with Crippen LogP contribution in [-0.4, -0.2) is 34.3 Å². The van der Waals surface area contributed by atoms with E-state index in [1.807, 2.05) is 11.8 Å². The SMILES string of the molecule is C[C@@]12CCCN1C(=O)C1(CCCC1)NC2=O. The number of nitrogens with one attached hydrogen (secondary N) is 1. The molecule has 0 bridgehead atoms. The first-order valence-corrected chi connectivity index (χ1v) is 6.23. The van der Waals surface area contributed by atoms with Crippen molar-refractivity contribution in [2.75, 3.05) is 6.54 Å². The van der Waals surface area contributed by atoms with Crippen LogP contribution in [0.1, 0.15) is 45.4 Å². The van der Waals surface area contributed by atoms with Gasteiger partial charge >= 0.3 is 0 Å². The summed E-state index contributed by atoms with van der Waals surface area (Å²) in [6.45, 7) is 2.65. The summed E-state index contributed by atoms with van der Waals surface area (Å²) in [4.78, 5) is 26.5. The molecule has 3 fully saturated rings. The third-order valence-electron chi connectivity index (χ3n) is 4.59. The fourth-order valence-electron chi connectivity index (χ4n) is 3.51. The van der Waals surface area contributed by atoms with Crippen molar-refractivity contribution < 1.29 is 9.59 Å². The number of carbonyl (C=O) groups is 2. The number of piperazine rings is 1. The van der Waals surface area contributed by atoms with Crippen LogP contribution in [0.2, 0.25) is 0 Å². The Hall–Kier alpha value is -1.06. The van der Waals surface area contributed by atoms with Gasteiger partial charge in [-0.25, -0.2) is 0 Å². The molecule has 0 aromatic carbocycles. The highest BCUT2D eigenvalue weighted by atomic mass is 16.2. The molecule has 3 rings (SSSR count). The molecule has 2 saturated heterocycles. The van der Waals surface area contributed by atoms with Gasteiger partial charge in [0.15, 0.2) is 0 Å². The Bertz CT molecular complexity index is 360. The second-order valence-electron chi connectivity index (χ2n) is 5.58. The van der Waals surface area contributed by atoms with Gasteiger partial charge in [0.1, 0.15) is 11.1 Å². The number of nitrogens with zero attached hydrogens (tertiary/aromatic N) is 1. The van der Waals surface area contributed by atoms with Crippen LogP contribution in [0, 0.1) is 0 Å². The summed E-state index contributed by atoms with van der Waals surface area (Å²) in [5.41, 5.74) is -1.11. The van der Waals surface area contributed by atoms with E-state index in [4.69, 9.17) is 0 Å². The predicted octanol–water partition coefficient (Wildman–Crippen LogP) is 0.810. The zero-order valence-electron chi connectivity index (χ0n) is 9.71. The molecule has 1 spiro atoms. The smallest absolute Gasteiger partial charge is 0.249 e. The molecule has 4 nitrogen and oxygen atoms in total. The Labute approximate surface area is 95.4 Å². The number of hydrogen-bond acceptors (Lipinski definition) is 2. The van der Waals surface area contributed by atoms with E-state index in [0.29, 0.717) is 0 Å². The lowest BCUT2D eigenvalue weighted by molar-refractivity contribution is -0.158. The van der Waals surface area contributed by atoms with E-state index in [-0.39, 0.29) is 11.8 Å². The minimum absolute atomic E-state index is 0.0616. The Morgan fingerprint density at radius 3 is 2.50 bits per heavy atom. The summed E-state index contributed by atoms with van der Waals surface area (Å²) >= 11 is 0. The molecular weight excluding hydrogens is 204 g/mol. The number of hydrogen-bond donors (Lipinski definition) is 1. The summed E-state index contributed by atoms with van der Waals surface area (Å²) in [6.07, 6.45) is 5.51. The molecule has 0 aromatic heterocycles. The van der Waals surface area contributed by atoms with Gasteiger partial charge in [-0.3, -0.25) is 9.59 Å². The maximum Gasteiger partial charge on any atom is 0.249 e. The topological polar surface area (TPSA) is 49.4 Å². The molecule has 4 heteroatoms. The normalized spacial score (nSPS) is 36.7. The van der Waals surface area contributed by atoms with E-state index in [0.717, 1.165) is 45.1 Å². The van der Waals surface area contributed by atoms with Crippen LogP contribution < -0.4 is 5.32 Å². The predicted molar refractivity (Wildman–Crippen MR) is 58.7 cm³/mol. The van der Waals surface area contributed by atoms with E-state index in [2.05, 4.69) is 5.32 Å². The van der Waals surface area contributed by atoms with Crippen LogP contribution in [0.15, 0.2) is 0 Å². The number of fused-ring (bicyclic) bond motifs is 1. The average Bonchev–Trinajstić information content (AvgIpc) is 2.84. The highest BCUT2D eigenvalue weighted by Gasteiger charge is 2.58. The van der Waals surface area contributed by atoms with Crippen LogP contribution in [0.4, 0.5) is 0 Å². The molecule has 3 aliphatic rings. The molecule has 2 aliphatic heterocycles. The van der Waals surface area contributed by atoms with E-state index >= 15 is 0 Å². The summed E-state index contributed by atoms with van der Waals surface area (Å²) in [6, 6.07) is 0. The van der Waals surface area contributed by atoms with Crippen molar-refractivity contribution in [2.24, 2.45) is 0 Å². The maximum absolute atomic E-state index is 12.5. The molecule has 88 valence electrons. The molecule has 0 radical (unpaired) electrons. The van der Waals surface area contributed by atoms with Crippen LogP contribution in [0.5, 0.6) is 0 Å². The summed E-state index contributed by atoms with van der Waals surface area (Å²) < 4.78 is 0. The lowest BCUT2D eigenvalue weighted by atomic mass is 9.85.